The van der Waals surface area contributed by atoms with E-state index in [9.17, 15) is 9.59 Å². The summed E-state index contributed by atoms with van der Waals surface area (Å²) < 4.78 is 6.48. The van der Waals surface area contributed by atoms with Crippen molar-refractivity contribution in [1.82, 2.24) is 15.1 Å². The molecule has 1 saturated heterocycles. The highest BCUT2D eigenvalue weighted by atomic mass is 35.5. The van der Waals surface area contributed by atoms with Crippen LogP contribution in [0.5, 0.6) is 0 Å². The van der Waals surface area contributed by atoms with Gasteiger partial charge in [0.1, 0.15) is 5.60 Å². The Bertz CT molecular complexity index is 622. The van der Waals surface area contributed by atoms with E-state index in [1.807, 2.05) is 26.8 Å². The van der Waals surface area contributed by atoms with Crippen molar-refractivity contribution in [2.24, 2.45) is 0 Å². The number of carbonyl (C=O) groups is 2. The summed E-state index contributed by atoms with van der Waals surface area (Å²) in [6.07, 6.45) is 5.67. The average Bonchev–Trinajstić information content (AvgIpc) is 2.87. The summed E-state index contributed by atoms with van der Waals surface area (Å²) in [5.41, 5.74) is 1.40. The summed E-state index contributed by atoms with van der Waals surface area (Å²) >= 11 is 1.36. The zero-order chi connectivity index (χ0) is 17.0. The van der Waals surface area contributed by atoms with Gasteiger partial charge in [0.05, 0.1) is 6.20 Å². The van der Waals surface area contributed by atoms with E-state index < -0.39 is 11.7 Å². The normalized spacial score (nSPS) is 19.7. The van der Waals surface area contributed by atoms with Crippen LogP contribution in [0.15, 0.2) is 18.0 Å². The molecule has 1 aromatic heterocycles. The topological polar surface area (TPSA) is 73.2 Å². The maximum atomic E-state index is 12.0. The summed E-state index contributed by atoms with van der Waals surface area (Å²) in [4.78, 5) is 23.3. The molecule has 1 aromatic rings. The SMILES string of the molecule is CC(=O)SC1CCNC/C1=C\c1cnn(C(=O)OC(C)(C)C)c1.Cl. The van der Waals surface area contributed by atoms with Crippen LogP contribution in [-0.2, 0) is 9.53 Å². The second-order valence-corrected chi connectivity index (χ2v) is 7.86. The molecule has 0 aliphatic carbocycles. The number of hydrogen-bond acceptors (Lipinski definition) is 6. The molecule has 1 fully saturated rings. The molecular weight excluding hydrogens is 350 g/mol. The third kappa shape index (κ3) is 6.30. The van der Waals surface area contributed by atoms with E-state index in [-0.39, 0.29) is 22.8 Å². The number of carbonyl (C=O) groups excluding carboxylic acids is 2. The molecular formula is C16H24ClN3O3S. The summed E-state index contributed by atoms with van der Waals surface area (Å²) in [7, 11) is 0. The highest BCUT2D eigenvalue weighted by Gasteiger charge is 2.22. The first-order valence-corrected chi connectivity index (χ1v) is 8.49. The molecule has 1 N–H and O–H groups in total. The molecule has 134 valence electrons. The van der Waals surface area contributed by atoms with Crippen LogP contribution in [-0.4, -0.2) is 44.9 Å². The highest BCUT2D eigenvalue weighted by Crippen LogP contribution is 2.27. The lowest BCUT2D eigenvalue weighted by atomic mass is 10.0. The Hall–Kier alpha value is -1.31. The van der Waals surface area contributed by atoms with Crippen LogP contribution in [0, 0.1) is 0 Å². The van der Waals surface area contributed by atoms with Gasteiger partial charge in [-0.2, -0.15) is 9.78 Å². The van der Waals surface area contributed by atoms with E-state index in [1.165, 1.54) is 16.4 Å². The molecule has 0 radical (unpaired) electrons. The summed E-state index contributed by atoms with van der Waals surface area (Å²) in [6.45, 7) is 8.67. The first-order chi connectivity index (χ1) is 10.7. The average molecular weight is 374 g/mol. The molecule has 1 atom stereocenters. The monoisotopic (exact) mass is 373 g/mol. The predicted octanol–water partition coefficient (Wildman–Crippen LogP) is 3.11. The first-order valence-electron chi connectivity index (χ1n) is 7.61. The number of nitrogens with zero attached hydrogens (tertiary/aromatic N) is 2. The molecule has 0 aromatic carbocycles. The van der Waals surface area contributed by atoms with Gasteiger partial charge < -0.3 is 10.1 Å². The molecule has 0 saturated carbocycles. The fourth-order valence-corrected chi connectivity index (χ4v) is 3.22. The molecule has 2 rings (SSSR count). The van der Waals surface area contributed by atoms with E-state index in [4.69, 9.17) is 4.74 Å². The Morgan fingerprint density at radius 2 is 2.17 bits per heavy atom. The van der Waals surface area contributed by atoms with Crippen molar-refractivity contribution in [3.05, 3.63) is 23.5 Å². The van der Waals surface area contributed by atoms with Crippen molar-refractivity contribution in [3.63, 3.8) is 0 Å². The molecule has 6 nitrogen and oxygen atoms in total. The number of ether oxygens (including phenoxy) is 1. The minimum Gasteiger partial charge on any atom is -0.442 e. The van der Waals surface area contributed by atoms with Gasteiger partial charge in [-0.1, -0.05) is 17.8 Å². The van der Waals surface area contributed by atoms with Crippen molar-refractivity contribution < 1.29 is 14.3 Å². The molecule has 0 bridgehead atoms. The van der Waals surface area contributed by atoms with Gasteiger partial charge >= 0.3 is 6.09 Å². The number of piperidine rings is 1. The van der Waals surface area contributed by atoms with Gasteiger partial charge in [0.2, 0.25) is 0 Å². The Labute approximate surface area is 152 Å². The second-order valence-electron chi connectivity index (χ2n) is 6.48. The lowest BCUT2D eigenvalue weighted by molar-refractivity contribution is -0.109. The van der Waals surface area contributed by atoms with Gasteiger partial charge in [-0.3, -0.25) is 4.79 Å². The van der Waals surface area contributed by atoms with Crippen LogP contribution in [0.2, 0.25) is 0 Å². The summed E-state index contributed by atoms with van der Waals surface area (Å²) in [5.74, 6) is 0. The van der Waals surface area contributed by atoms with Crippen LogP contribution >= 0.6 is 24.2 Å². The lowest BCUT2D eigenvalue weighted by Crippen LogP contribution is -2.32. The van der Waals surface area contributed by atoms with Crippen molar-refractivity contribution >= 4 is 41.5 Å². The number of thioether (sulfide) groups is 1. The zero-order valence-corrected chi connectivity index (χ0v) is 16.0. The first kappa shape index (κ1) is 20.7. The third-order valence-electron chi connectivity index (χ3n) is 3.17. The van der Waals surface area contributed by atoms with E-state index in [2.05, 4.69) is 10.4 Å². The third-order valence-corrected chi connectivity index (χ3v) is 4.32. The molecule has 1 aliphatic heterocycles. The number of rotatable bonds is 2. The smallest absolute Gasteiger partial charge is 0.435 e. The molecule has 1 unspecified atom stereocenters. The van der Waals surface area contributed by atoms with Gasteiger partial charge in [0.15, 0.2) is 5.12 Å². The molecule has 0 amide bonds. The molecule has 0 spiro atoms. The van der Waals surface area contributed by atoms with Gasteiger partial charge in [0, 0.05) is 30.5 Å². The van der Waals surface area contributed by atoms with Crippen LogP contribution < -0.4 is 5.32 Å². The number of halogens is 1. The summed E-state index contributed by atoms with van der Waals surface area (Å²) in [5, 5.41) is 7.66. The number of aromatic nitrogens is 2. The standard InChI is InChI=1S/C16H23N3O3S.ClH/c1-11(20)23-14-5-6-17-9-13(14)7-12-8-18-19(10-12)15(21)22-16(2,3)4;/h7-8,10,14,17H,5-6,9H2,1-4H3;1H/b13-7+;. The van der Waals surface area contributed by atoms with Gasteiger partial charge in [0.25, 0.3) is 0 Å². The van der Waals surface area contributed by atoms with Gasteiger partial charge in [-0.15, -0.1) is 12.4 Å². The van der Waals surface area contributed by atoms with E-state index in [0.29, 0.717) is 0 Å². The van der Waals surface area contributed by atoms with E-state index in [1.54, 1.807) is 19.3 Å². The maximum absolute atomic E-state index is 12.0. The minimum absolute atomic E-state index is 0. The number of nitrogens with one attached hydrogen (secondary N) is 1. The largest absolute Gasteiger partial charge is 0.442 e. The predicted molar refractivity (Wildman–Crippen MR) is 98.6 cm³/mol. The van der Waals surface area contributed by atoms with Crippen molar-refractivity contribution in [2.75, 3.05) is 13.1 Å². The van der Waals surface area contributed by atoms with Crippen molar-refractivity contribution in [2.45, 2.75) is 45.0 Å². The molecule has 24 heavy (non-hydrogen) atoms. The Kier molecular flexibility index (Phi) is 7.51. The van der Waals surface area contributed by atoms with Crippen LogP contribution in [0.1, 0.15) is 39.7 Å². The van der Waals surface area contributed by atoms with Crippen molar-refractivity contribution in [3.8, 4) is 0 Å². The van der Waals surface area contributed by atoms with Gasteiger partial charge in [-0.05, 0) is 39.3 Å². The fraction of sp³-hybridized carbons (Fsp3) is 0.562. The van der Waals surface area contributed by atoms with Crippen LogP contribution in [0.3, 0.4) is 0 Å². The molecule has 2 heterocycles. The quantitative estimate of drug-likeness (QED) is 0.858. The van der Waals surface area contributed by atoms with Crippen molar-refractivity contribution in [1.29, 1.82) is 0 Å². The van der Waals surface area contributed by atoms with Crippen LogP contribution in [0.25, 0.3) is 6.08 Å². The Balaban J connectivity index is 0.00000288. The van der Waals surface area contributed by atoms with E-state index in [0.717, 1.165) is 30.6 Å². The van der Waals surface area contributed by atoms with Gasteiger partial charge in [-0.25, -0.2) is 4.79 Å². The maximum Gasteiger partial charge on any atom is 0.435 e. The highest BCUT2D eigenvalue weighted by molar-refractivity contribution is 8.14. The van der Waals surface area contributed by atoms with E-state index >= 15 is 0 Å². The minimum atomic E-state index is -0.557. The lowest BCUT2D eigenvalue weighted by Gasteiger charge is -2.24. The number of hydrogen-bond donors (Lipinski definition) is 1. The zero-order valence-electron chi connectivity index (χ0n) is 14.4. The Morgan fingerprint density at radius 1 is 1.46 bits per heavy atom. The molecule has 8 heteroatoms. The van der Waals surface area contributed by atoms with Crippen LogP contribution in [0.4, 0.5) is 4.79 Å². The summed E-state index contributed by atoms with van der Waals surface area (Å²) in [6, 6.07) is 0. The molecule has 1 aliphatic rings. The fourth-order valence-electron chi connectivity index (χ4n) is 2.28. The Morgan fingerprint density at radius 3 is 2.79 bits per heavy atom. The second kappa shape index (κ2) is 8.69.